The van der Waals surface area contributed by atoms with Crippen LogP contribution in [0.5, 0.6) is 0 Å². The van der Waals surface area contributed by atoms with Crippen LogP contribution in [0.3, 0.4) is 0 Å². The molecule has 8 nitrogen and oxygen atoms in total. The van der Waals surface area contributed by atoms with Gasteiger partial charge in [-0.1, -0.05) is 129 Å². The van der Waals surface area contributed by atoms with Gasteiger partial charge in [0.1, 0.15) is 6.61 Å². The molecule has 0 aromatic carbocycles. The van der Waals surface area contributed by atoms with E-state index in [0.717, 1.165) is 70.1 Å². The number of esters is 2. The van der Waals surface area contributed by atoms with Crippen LogP contribution in [0.4, 0.5) is 0 Å². The van der Waals surface area contributed by atoms with Gasteiger partial charge in [0.05, 0.1) is 24.9 Å². The van der Waals surface area contributed by atoms with Crippen LogP contribution in [0.2, 0.25) is 0 Å². The van der Waals surface area contributed by atoms with E-state index in [9.17, 15) is 30.0 Å². The van der Waals surface area contributed by atoms with Gasteiger partial charge in [-0.05, 0) is 37.5 Å². The fourth-order valence-corrected chi connectivity index (χ4v) is 6.42. The molecule has 0 unspecified atom stereocenters. The number of hydrogen-bond donors (Lipinski definition) is 4. The van der Waals surface area contributed by atoms with Gasteiger partial charge in [0.2, 0.25) is 0 Å². The highest BCUT2D eigenvalue weighted by atomic mass is 16.6. The molecule has 0 radical (unpaired) electrons. The lowest BCUT2D eigenvalue weighted by molar-refractivity contribution is -0.161. The molecule has 1 rings (SSSR count). The lowest BCUT2D eigenvalue weighted by atomic mass is 9.88. The zero-order valence-corrected chi connectivity index (χ0v) is 29.6. The third-order valence-corrected chi connectivity index (χ3v) is 9.34. The van der Waals surface area contributed by atoms with Crippen molar-refractivity contribution in [2.45, 2.75) is 186 Å². The van der Waals surface area contributed by atoms with Gasteiger partial charge < -0.3 is 29.9 Å². The molecule has 0 saturated heterocycles. The Hall–Kier alpha value is -1.48. The van der Waals surface area contributed by atoms with E-state index in [-0.39, 0.29) is 43.4 Å². The summed E-state index contributed by atoms with van der Waals surface area (Å²) in [6.07, 6.45) is 22.0. The summed E-state index contributed by atoms with van der Waals surface area (Å²) in [4.78, 5) is 24.4. The summed E-state index contributed by atoms with van der Waals surface area (Å²) in [5.74, 6) is -0.111. The summed E-state index contributed by atoms with van der Waals surface area (Å²) < 4.78 is 10.6. The average molecular weight is 655 g/mol. The Balaban J connectivity index is 2.12. The van der Waals surface area contributed by atoms with Crippen molar-refractivity contribution in [2.24, 2.45) is 17.8 Å². The van der Waals surface area contributed by atoms with Crippen molar-refractivity contribution in [2.75, 3.05) is 13.2 Å². The van der Waals surface area contributed by atoms with E-state index < -0.39 is 24.4 Å². The normalized spacial score (nSPS) is 21.2. The lowest BCUT2D eigenvalue weighted by Crippen LogP contribution is -2.28. The van der Waals surface area contributed by atoms with Gasteiger partial charge in [-0.2, -0.15) is 0 Å². The van der Waals surface area contributed by atoms with Crippen LogP contribution in [0, 0.1) is 17.8 Å². The highest BCUT2D eigenvalue weighted by molar-refractivity contribution is 5.70. The Morgan fingerprint density at radius 3 is 1.93 bits per heavy atom. The van der Waals surface area contributed by atoms with E-state index in [0.29, 0.717) is 25.7 Å². The number of aliphatic hydroxyl groups excluding tert-OH is 4. The maximum Gasteiger partial charge on any atom is 0.306 e. The Bertz CT molecular complexity index is 785. The monoisotopic (exact) mass is 655 g/mol. The first-order valence-electron chi connectivity index (χ1n) is 18.9. The first kappa shape index (κ1) is 42.5. The molecule has 0 spiro atoms. The fourth-order valence-electron chi connectivity index (χ4n) is 6.42. The third kappa shape index (κ3) is 21.4. The minimum atomic E-state index is -0.834. The first-order chi connectivity index (χ1) is 22.2. The smallest absolute Gasteiger partial charge is 0.306 e. The molecule has 1 aliphatic rings. The van der Waals surface area contributed by atoms with Crippen molar-refractivity contribution in [1.29, 1.82) is 0 Å². The molecule has 6 atom stereocenters. The molecule has 4 N–H and O–H groups in total. The third-order valence-electron chi connectivity index (χ3n) is 9.34. The van der Waals surface area contributed by atoms with Crippen molar-refractivity contribution in [3.8, 4) is 0 Å². The predicted molar refractivity (Wildman–Crippen MR) is 184 cm³/mol. The molecular weight excluding hydrogens is 584 g/mol. The Kier molecular flexibility index (Phi) is 25.4. The summed E-state index contributed by atoms with van der Waals surface area (Å²) in [5, 5.41) is 40.7. The molecule has 1 saturated carbocycles. The first-order valence-corrected chi connectivity index (χ1v) is 18.9. The van der Waals surface area contributed by atoms with Crippen LogP contribution in [0.25, 0.3) is 0 Å². The molecule has 1 fully saturated rings. The second-order valence-corrected chi connectivity index (χ2v) is 14.1. The topological polar surface area (TPSA) is 134 Å². The Labute approximate surface area is 280 Å². The number of carbonyl (C=O) groups is 2. The zero-order valence-electron chi connectivity index (χ0n) is 29.6. The Morgan fingerprint density at radius 1 is 0.761 bits per heavy atom. The van der Waals surface area contributed by atoms with Crippen LogP contribution >= 0.6 is 0 Å². The van der Waals surface area contributed by atoms with Crippen LogP contribution in [-0.2, 0) is 19.1 Å². The van der Waals surface area contributed by atoms with Crippen molar-refractivity contribution in [3.63, 3.8) is 0 Å². The molecule has 270 valence electrons. The van der Waals surface area contributed by atoms with E-state index >= 15 is 0 Å². The molecule has 46 heavy (non-hydrogen) atoms. The predicted octanol–water partition coefficient (Wildman–Crippen LogP) is 7.58. The highest BCUT2D eigenvalue weighted by Gasteiger charge is 2.39. The van der Waals surface area contributed by atoms with Crippen LogP contribution < -0.4 is 0 Å². The number of ether oxygens (including phenoxy) is 2. The molecular formula is C38H70O8. The summed E-state index contributed by atoms with van der Waals surface area (Å²) in [6, 6.07) is 0. The zero-order chi connectivity index (χ0) is 34.0. The number of hydrogen-bond acceptors (Lipinski definition) is 8. The second-order valence-electron chi connectivity index (χ2n) is 14.1. The Morgan fingerprint density at radius 2 is 1.33 bits per heavy atom. The van der Waals surface area contributed by atoms with Gasteiger partial charge in [-0.3, -0.25) is 9.59 Å². The summed E-state index contributed by atoms with van der Waals surface area (Å²) >= 11 is 0. The number of unbranched alkanes of at least 4 members (excludes halogenated alkanes) is 13. The van der Waals surface area contributed by atoms with Crippen molar-refractivity contribution in [3.05, 3.63) is 12.2 Å². The SMILES string of the molecule is CCCCC[C@H](O)/C=C/[C@@H]1[C@@H](CCCCCCC(=O)OC[C@H](CO)OC(=O)CCCCCCCCCCCC(C)C)[C@@H](O)C[C@H]1O. The standard InChI is InChI=1S/C38H70O8/c1-4-5-15-21-31(40)25-26-34-33(35(41)27-36(34)42)22-17-13-14-18-23-37(43)45-29-32(28-39)46-38(44)24-19-12-10-8-6-7-9-11-16-20-30(2)3/h25-26,30-36,39-42H,4-24,27-29H2,1-3H3/b26-25+/t31-,32-,33+,34+,35-,36+/m0/s1. The van der Waals surface area contributed by atoms with E-state index in [1.807, 2.05) is 6.08 Å². The molecule has 0 aliphatic heterocycles. The van der Waals surface area contributed by atoms with Crippen molar-refractivity contribution < 1.29 is 39.5 Å². The largest absolute Gasteiger partial charge is 0.462 e. The van der Waals surface area contributed by atoms with E-state index in [2.05, 4.69) is 20.8 Å². The number of carbonyl (C=O) groups excluding carboxylic acids is 2. The molecule has 0 heterocycles. The fraction of sp³-hybridized carbons (Fsp3) is 0.895. The minimum absolute atomic E-state index is 0.0312. The van der Waals surface area contributed by atoms with Gasteiger partial charge in [0.15, 0.2) is 6.10 Å². The molecule has 0 aromatic heterocycles. The summed E-state index contributed by atoms with van der Waals surface area (Å²) in [5.41, 5.74) is 0. The van der Waals surface area contributed by atoms with Gasteiger partial charge in [-0.25, -0.2) is 0 Å². The lowest BCUT2D eigenvalue weighted by Gasteiger charge is -2.21. The van der Waals surface area contributed by atoms with Crippen molar-refractivity contribution in [1.82, 2.24) is 0 Å². The van der Waals surface area contributed by atoms with Crippen LogP contribution in [0.15, 0.2) is 12.2 Å². The van der Waals surface area contributed by atoms with E-state index in [4.69, 9.17) is 9.47 Å². The highest BCUT2D eigenvalue weighted by Crippen LogP contribution is 2.37. The van der Waals surface area contributed by atoms with Gasteiger partial charge in [0, 0.05) is 25.2 Å². The molecule has 1 aliphatic carbocycles. The van der Waals surface area contributed by atoms with Gasteiger partial charge in [-0.15, -0.1) is 0 Å². The van der Waals surface area contributed by atoms with Gasteiger partial charge in [0.25, 0.3) is 0 Å². The molecule has 0 aromatic rings. The quantitative estimate of drug-likeness (QED) is 0.0369. The maximum atomic E-state index is 12.2. The van der Waals surface area contributed by atoms with Crippen LogP contribution in [0.1, 0.15) is 162 Å². The van der Waals surface area contributed by atoms with E-state index in [1.165, 1.54) is 44.9 Å². The number of aliphatic hydroxyl groups is 4. The summed E-state index contributed by atoms with van der Waals surface area (Å²) in [7, 11) is 0. The van der Waals surface area contributed by atoms with Crippen molar-refractivity contribution >= 4 is 11.9 Å². The molecule has 8 heteroatoms. The molecule has 0 amide bonds. The minimum Gasteiger partial charge on any atom is -0.462 e. The van der Waals surface area contributed by atoms with Gasteiger partial charge >= 0.3 is 11.9 Å². The second kappa shape index (κ2) is 27.5. The summed E-state index contributed by atoms with van der Waals surface area (Å²) in [6.45, 7) is 6.16. The number of rotatable bonds is 29. The van der Waals surface area contributed by atoms with E-state index in [1.54, 1.807) is 6.08 Å². The molecule has 0 bridgehead atoms. The average Bonchev–Trinajstić information content (AvgIpc) is 3.29. The van der Waals surface area contributed by atoms with Crippen LogP contribution in [-0.4, -0.2) is 70.0 Å². The maximum absolute atomic E-state index is 12.2.